The minimum absolute atomic E-state index is 0.0392. The predicted octanol–water partition coefficient (Wildman–Crippen LogP) is 4.35. The monoisotopic (exact) mass is 435 g/mol. The van der Waals surface area contributed by atoms with Gasteiger partial charge in [-0.1, -0.05) is 6.07 Å². The Morgan fingerprint density at radius 3 is 2.03 bits per heavy atom. The third kappa shape index (κ3) is 5.43. The van der Waals surface area contributed by atoms with Crippen molar-refractivity contribution in [1.82, 2.24) is 5.32 Å². The number of benzene rings is 2. The minimum atomic E-state index is -4.89. The van der Waals surface area contributed by atoms with Crippen LogP contribution >= 0.6 is 0 Å². The molecule has 1 amide bonds. The normalized spacial score (nSPS) is 12.3. The number of amides is 1. The lowest BCUT2D eigenvalue weighted by molar-refractivity contribution is -0.155. The number of nitrogens with one attached hydrogen (secondary N) is 1. The zero-order chi connectivity index (χ0) is 22.5. The van der Waals surface area contributed by atoms with E-state index >= 15 is 0 Å². The van der Waals surface area contributed by atoms with E-state index in [1.807, 2.05) is 5.32 Å². The van der Waals surface area contributed by atoms with Crippen molar-refractivity contribution >= 4 is 5.91 Å². The van der Waals surface area contributed by atoms with Crippen LogP contribution in [0, 0.1) is 0 Å². The summed E-state index contributed by atoms with van der Waals surface area (Å²) in [6.45, 7) is -3.15. The molecule has 6 nitrogen and oxygen atoms in total. The van der Waals surface area contributed by atoms with Gasteiger partial charge >= 0.3 is 12.8 Å². The van der Waals surface area contributed by atoms with E-state index in [1.165, 1.54) is 27.4 Å². The fourth-order valence-electron chi connectivity index (χ4n) is 2.65. The summed E-state index contributed by atoms with van der Waals surface area (Å²) in [6.07, 6.45) is -4.89. The van der Waals surface area contributed by atoms with Gasteiger partial charge in [0.05, 0.1) is 21.3 Å². The quantitative estimate of drug-likeness (QED) is 0.625. The molecule has 0 fully saturated rings. The average molecular weight is 435 g/mol. The summed E-state index contributed by atoms with van der Waals surface area (Å²) in [5.74, 6) is -1.52. The van der Waals surface area contributed by atoms with Gasteiger partial charge in [-0.3, -0.25) is 4.79 Å². The summed E-state index contributed by atoms with van der Waals surface area (Å²) in [5, 5.41) is 1.85. The summed E-state index contributed by atoms with van der Waals surface area (Å²) >= 11 is 0. The Labute approximate surface area is 168 Å². The number of alkyl halides is 5. The molecule has 0 radical (unpaired) electrons. The number of carbonyl (C=O) groups is 1. The molecule has 1 N–H and O–H groups in total. The molecule has 2 rings (SSSR count). The number of methoxy groups -OCH3 is 3. The summed E-state index contributed by atoms with van der Waals surface area (Å²) < 4.78 is 85.2. The molecule has 0 heterocycles. The van der Waals surface area contributed by atoms with Crippen LogP contribution < -0.4 is 24.3 Å². The first kappa shape index (κ1) is 23.0. The van der Waals surface area contributed by atoms with Gasteiger partial charge in [-0.2, -0.15) is 22.0 Å². The maximum atomic E-state index is 13.7. The van der Waals surface area contributed by atoms with Crippen molar-refractivity contribution in [3.05, 3.63) is 47.5 Å². The molecule has 0 saturated heterocycles. The van der Waals surface area contributed by atoms with Crippen molar-refractivity contribution in [2.45, 2.75) is 18.8 Å². The van der Waals surface area contributed by atoms with E-state index in [-0.39, 0.29) is 34.1 Å². The van der Waals surface area contributed by atoms with Gasteiger partial charge in [0.1, 0.15) is 5.75 Å². The lowest BCUT2D eigenvalue weighted by Crippen LogP contribution is -2.38. The molecular weight excluding hydrogens is 417 g/mol. The highest BCUT2D eigenvalue weighted by Crippen LogP contribution is 2.43. The maximum Gasteiger partial charge on any atom is 0.412 e. The number of halogens is 5. The molecule has 0 spiro atoms. The number of carbonyl (C=O) groups excluding carboxylic acids is 1. The van der Waals surface area contributed by atoms with E-state index in [4.69, 9.17) is 14.2 Å². The van der Waals surface area contributed by atoms with Gasteiger partial charge < -0.3 is 24.3 Å². The first-order chi connectivity index (χ1) is 14.1. The Morgan fingerprint density at radius 2 is 1.57 bits per heavy atom. The van der Waals surface area contributed by atoms with Crippen molar-refractivity contribution < 1.29 is 45.7 Å². The Kier molecular flexibility index (Phi) is 7.30. The SMILES string of the molecule is COc1cc(C(NC(=O)c2cccc(OC(F)F)c2)C(F)(F)F)cc(OC)c1OC. The molecule has 1 atom stereocenters. The number of rotatable bonds is 8. The van der Waals surface area contributed by atoms with E-state index in [2.05, 4.69) is 4.74 Å². The van der Waals surface area contributed by atoms with E-state index in [9.17, 15) is 26.7 Å². The minimum Gasteiger partial charge on any atom is -0.493 e. The fraction of sp³-hybridized carbons (Fsp3) is 0.316. The average Bonchev–Trinajstić information content (AvgIpc) is 2.69. The molecule has 0 aliphatic heterocycles. The lowest BCUT2D eigenvalue weighted by Gasteiger charge is -2.24. The van der Waals surface area contributed by atoms with Crippen molar-refractivity contribution in [3.8, 4) is 23.0 Å². The molecule has 0 aliphatic carbocycles. The van der Waals surface area contributed by atoms with Gasteiger partial charge in [0.25, 0.3) is 5.91 Å². The summed E-state index contributed by atoms with van der Waals surface area (Å²) in [4.78, 5) is 12.4. The second-order valence-electron chi connectivity index (χ2n) is 5.81. The smallest absolute Gasteiger partial charge is 0.412 e. The van der Waals surface area contributed by atoms with Crippen LogP contribution in [0.3, 0.4) is 0 Å². The van der Waals surface area contributed by atoms with Crippen molar-refractivity contribution in [3.63, 3.8) is 0 Å². The molecule has 11 heteroatoms. The fourth-order valence-corrected chi connectivity index (χ4v) is 2.65. The molecule has 2 aromatic rings. The molecule has 0 bridgehead atoms. The van der Waals surface area contributed by atoms with Crippen LogP contribution in [-0.2, 0) is 0 Å². The number of hydrogen-bond donors (Lipinski definition) is 1. The van der Waals surface area contributed by atoms with Crippen molar-refractivity contribution in [1.29, 1.82) is 0 Å². The van der Waals surface area contributed by atoms with Crippen LogP contribution in [0.1, 0.15) is 22.0 Å². The summed E-state index contributed by atoms with van der Waals surface area (Å²) in [5.41, 5.74) is -0.680. The largest absolute Gasteiger partial charge is 0.493 e. The van der Waals surface area contributed by atoms with Crippen LogP contribution in [0.2, 0.25) is 0 Å². The van der Waals surface area contributed by atoms with Gasteiger partial charge in [0.15, 0.2) is 17.5 Å². The second kappa shape index (κ2) is 9.51. The van der Waals surface area contributed by atoms with Gasteiger partial charge in [-0.25, -0.2) is 0 Å². The lowest BCUT2D eigenvalue weighted by atomic mass is 10.0. The molecule has 0 saturated carbocycles. The van der Waals surface area contributed by atoms with E-state index < -0.39 is 24.7 Å². The predicted molar refractivity (Wildman–Crippen MR) is 95.4 cm³/mol. The first-order valence-electron chi connectivity index (χ1n) is 8.33. The highest BCUT2D eigenvalue weighted by Gasteiger charge is 2.43. The van der Waals surface area contributed by atoms with E-state index in [0.29, 0.717) is 0 Å². The van der Waals surface area contributed by atoms with Gasteiger partial charge in [0.2, 0.25) is 5.75 Å². The third-order valence-corrected chi connectivity index (χ3v) is 3.94. The Hall–Kier alpha value is -3.24. The molecule has 30 heavy (non-hydrogen) atoms. The van der Waals surface area contributed by atoms with Crippen molar-refractivity contribution in [2.75, 3.05) is 21.3 Å². The number of ether oxygens (including phenoxy) is 4. The third-order valence-electron chi connectivity index (χ3n) is 3.94. The topological polar surface area (TPSA) is 66.0 Å². The maximum absolute atomic E-state index is 13.7. The van der Waals surface area contributed by atoms with Crippen LogP contribution in [0.15, 0.2) is 36.4 Å². The molecule has 0 aromatic heterocycles. The Morgan fingerprint density at radius 1 is 0.967 bits per heavy atom. The second-order valence-corrected chi connectivity index (χ2v) is 5.81. The summed E-state index contributed by atoms with van der Waals surface area (Å²) in [6, 6.07) is 4.07. The van der Waals surface area contributed by atoms with Gasteiger partial charge in [0, 0.05) is 5.56 Å². The molecule has 0 aliphatic rings. The van der Waals surface area contributed by atoms with Crippen LogP contribution in [0.5, 0.6) is 23.0 Å². The molecule has 1 unspecified atom stereocenters. The highest BCUT2D eigenvalue weighted by molar-refractivity contribution is 5.95. The molecular formula is C19H18F5NO5. The van der Waals surface area contributed by atoms with Crippen molar-refractivity contribution in [2.24, 2.45) is 0 Å². The Balaban J connectivity index is 2.42. The zero-order valence-electron chi connectivity index (χ0n) is 16.0. The van der Waals surface area contributed by atoms with Crippen LogP contribution in [-0.4, -0.2) is 40.0 Å². The summed E-state index contributed by atoms with van der Waals surface area (Å²) in [7, 11) is 3.75. The number of hydrogen-bond acceptors (Lipinski definition) is 5. The van der Waals surface area contributed by atoms with E-state index in [1.54, 1.807) is 0 Å². The van der Waals surface area contributed by atoms with E-state index in [0.717, 1.165) is 30.3 Å². The first-order valence-corrected chi connectivity index (χ1v) is 8.33. The van der Waals surface area contributed by atoms with Gasteiger partial charge in [-0.15, -0.1) is 0 Å². The highest BCUT2D eigenvalue weighted by atomic mass is 19.4. The standard InChI is InChI=1S/C19H18F5NO5/c1-27-13-8-11(9-14(28-2)15(13)29-3)16(19(22,23)24)25-17(26)10-5-4-6-12(7-10)30-18(20)21/h4-9,16,18H,1-3H3,(H,25,26). The molecule has 164 valence electrons. The van der Waals surface area contributed by atoms with Crippen LogP contribution in [0.25, 0.3) is 0 Å². The molecule has 2 aromatic carbocycles. The van der Waals surface area contributed by atoms with Crippen LogP contribution in [0.4, 0.5) is 22.0 Å². The van der Waals surface area contributed by atoms with Gasteiger partial charge in [-0.05, 0) is 35.9 Å². The Bertz CT molecular complexity index is 863. The zero-order valence-corrected chi connectivity index (χ0v) is 16.0.